The average Bonchev–Trinajstić information content (AvgIpc) is 2.81. The molecule has 0 spiro atoms. The molecule has 1 unspecified atom stereocenters. The highest BCUT2D eigenvalue weighted by Crippen LogP contribution is 2.25. The molecule has 0 bridgehead atoms. The Labute approximate surface area is 89.6 Å². The number of benzene rings is 1. The predicted molar refractivity (Wildman–Crippen MR) is 61.5 cm³/mol. The number of nitrogens with zero attached hydrogens (tertiary/aromatic N) is 1. The summed E-state index contributed by atoms with van der Waals surface area (Å²) in [5.41, 5.74) is 3.55. The predicted octanol–water partition coefficient (Wildman–Crippen LogP) is 2.36. The summed E-state index contributed by atoms with van der Waals surface area (Å²) in [7, 11) is 1.97. The molecule has 0 aliphatic rings. The standard InChI is InChI=1S/C12H15N3/c1-9(13-2)10-5-3-4-6-11(10)12-7-14-8-15-12/h3-9,13H,1-2H3,(H,14,15). The third-order valence-corrected chi connectivity index (χ3v) is 2.65. The van der Waals surface area contributed by atoms with Crippen LogP contribution >= 0.6 is 0 Å². The fourth-order valence-electron chi connectivity index (χ4n) is 1.68. The van der Waals surface area contributed by atoms with Gasteiger partial charge in [-0.2, -0.15) is 0 Å². The molecule has 0 fully saturated rings. The summed E-state index contributed by atoms with van der Waals surface area (Å²) in [5.74, 6) is 0. The van der Waals surface area contributed by atoms with Crippen molar-refractivity contribution in [1.82, 2.24) is 15.3 Å². The van der Waals surface area contributed by atoms with Crippen molar-refractivity contribution in [3.05, 3.63) is 42.4 Å². The maximum atomic E-state index is 4.05. The van der Waals surface area contributed by atoms with Crippen molar-refractivity contribution in [1.29, 1.82) is 0 Å². The Bertz CT molecular complexity index is 420. The maximum absolute atomic E-state index is 4.05. The number of aromatic nitrogens is 2. The molecular weight excluding hydrogens is 186 g/mol. The molecule has 3 nitrogen and oxygen atoms in total. The summed E-state index contributed by atoms with van der Waals surface area (Å²) in [4.78, 5) is 7.18. The molecule has 0 aliphatic heterocycles. The van der Waals surface area contributed by atoms with Gasteiger partial charge in [-0.1, -0.05) is 24.3 Å². The topological polar surface area (TPSA) is 40.7 Å². The number of nitrogens with one attached hydrogen (secondary N) is 2. The van der Waals surface area contributed by atoms with Gasteiger partial charge in [-0.05, 0) is 19.5 Å². The highest BCUT2D eigenvalue weighted by Gasteiger charge is 2.09. The van der Waals surface area contributed by atoms with E-state index in [1.165, 1.54) is 11.1 Å². The van der Waals surface area contributed by atoms with Crippen molar-refractivity contribution in [2.24, 2.45) is 0 Å². The Kier molecular flexibility index (Phi) is 2.83. The number of hydrogen-bond donors (Lipinski definition) is 2. The number of aromatic amines is 1. The van der Waals surface area contributed by atoms with Gasteiger partial charge >= 0.3 is 0 Å². The van der Waals surface area contributed by atoms with Crippen LogP contribution in [0.15, 0.2) is 36.8 Å². The molecule has 1 atom stereocenters. The minimum Gasteiger partial charge on any atom is -0.345 e. The second-order valence-corrected chi connectivity index (χ2v) is 3.56. The van der Waals surface area contributed by atoms with Gasteiger partial charge in [0.25, 0.3) is 0 Å². The van der Waals surface area contributed by atoms with Gasteiger partial charge in [0.1, 0.15) is 0 Å². The largest absolute Gasteiger partial charge is 0.345 e. The van der Waals surface area contributed by atoms with Crippen LogP contribution in [0.4, 0.5) is 0 Å². The van der Waals surface area contributed by atoms with E-state index in [0.29, 0.717) is 6.04 Å². The molecule has 1 heterocycles. The van der Waals surface area contributed by atoms with Gasteiger partial charge in [0.15, 0.2) is 0 Å². The smallest absolute Gasteiger partial charge is 0.0924 e. The molecule has 2 N–H and O–H groups in total. The van der Waals surface area contributed by atoms with Gasteiger partial charge in [-0.25, -0.2) is 4.98 Å². The highest BCUT2D eigenvalue weighted by atomic mass is 14.9. The van der Waals surface area contributed by atoms with E-state index < -0.39 is 0 Å². The second-order valence-electron chi connectivity index (χ2n) is 3.56. The van der Waals surface area contributed by atoms with E-state index in [2.05, 4.69) is 40.4 Å². The Hall–Kier alpha value is -1.61. The first-order valence-corrected chi connectivity index (χ1v) is 5.08. The summed E-state index contributed by atoms with van der Waals surface area (Å²) >= 11 is 0. The van der Waals surface area contributed by atoms with Crippen LogP contribution in [0.1, 0.15) is 18.5 Å². The average molecular weight is 201 g/mol. The molecule has 0 radical (unpaired) electrons. The van der Waals surface area contributed by atoms with Crippen molar-refractivity contribution in [3.63, 3.8) is 0 Å². The number of hydrogen-bond acceptors (Lipinski definition) is 2. The van der Waals surface area contributed by atoms with Crippen LogP contribution < -0.4 is 5.32 Å². The van der Waals surface area contributed by atoms with Crippen molar-refractivity contribution < 1.29 is 0 Å². The maximum Gasteiger partial charge on any atom is 0.0924 e. The molecule has 0 saturated carbocycles. The lowest BCUT2D eigenvalue weighted by molar-refractivity contribution is 0.653. The van der Waals surface area contributed by atoms with Crippen LogP contribution in [0.5, 0.6) is 0 Å². The van der Waals surface area contributed by atoms with Crippen molar-refractivity contribution in [3.8, 4) is 11.3 Å². The third-order valence-electron chi connectivity index (χ3n) is 2.65. The molecule has 15 heavy (non-hydrogen) atoms. The van der Waals surface area contributed by atoms with E-state index >= 15 is 0 Å². The van der Waals surface area contributed by atoms with Crippen molar-refractivity contribution in [2.45, 2.75) is 13.0 Å². The second kappa shape index (κ2) is 4.28. The molecule has 78 valence electrons. The zero-order chi connectivity index (χ0) is 10.7. The lowest BCUT2D eigenvalue weighted by Crippen LogP contribution is -2.13. The zero-order valence-electron chi connectivity index (χ0n) is 8.99. The monoisotopic (exact) mass is 201 g/mol. The molecule has 0 amide bonds. The number of H-pyrrole nitrogens is 1. The Morgan fingerprint density at radius 2 is 2.13 bits per heavy atom. The minimum absolute atomic E-state index is 0.338. The lowest BCUT2D eigenvalue weighted by atomic mass is 10.00. The van der Waals surface area contributed by atoms with E-state index in [1.54, 1.807) is 6.33 Å². The molecule has 0 saturated heterocycles. The first-order valence-electron chi connectivity index (χ1n) is 5.08. The van der Waals surface area contributed by atoms with Crippen LogP contribution in [0.2, 0.25) is 0 Å². The van der Waals surface area contributed by atoms with Crippen LogP contribution in [0.3, 0.4) is 0 Å². The van der Waals surface area contributed by atoms with E-state index in [4.69, 9.17) is 0 Å². The molecule has 3 heteroatoms. The fraction of sp³-hybridized carbons (Fsp3) is 0.250. The molecule has 0 aliphatic carbocycles. The SMILES string of the molecule is CNC(C)c1ccccc1-c1cnc[nH]1. The van der Waals surface area contributed by atoms with Gasteiger partial charge in [-0.15, -0.1) is 0 Å². The van der Waals surface area contributed by atoms with Gasteiger partial charge in [0.05, 0.1) is 18.2 Å². The van der Waals surface area contributed by atoms with E-state index in [-0.39, 0.29) is 0 Å². The Morgan fingerprint density at radius 3 is 2.80 bits per heavy atom. The molecule has 1 aromatic heterocycles. The zero-order valence-corrected chi connectivity index (χ0v) is 8.99. The summed E-state index contributed by atoms with van der Waals surface area (Å²) in [6, 6.07) is 8.68. The van der Waals surface area contributed by atoms with Gasteiger partial charge < -0.3 is 10.3 Å². The Morgan fingerprint density at radius 1 is 1.33 bits per heavy atom. The normalized spacial score (nSPS) is 12.7. The van der Waals surface area contributed by atoms with Crippen LogP contribution in [-0.2, 0) is 0 Å². The van der Waals surface area contributed by atoms with Crippen molar-refractivity contribution in [2.75, 3.05) is 7.05 Å². The van der Waals surface area contributed by atoms with E-state index in [1.807, 2.05) is 19.3 Å². The molecular formula is C12H15N3. The van der Waals surface area contributed by atoms with Gasteiger partial charge in [-0.3, -0.25) is 0 Å². The van der Waals surface area contributed by atoms with Crippen LogP contribution in [0.25, 0.3) is 11.3 Å². The molecule has 2 aromatic rings. The van der Waals surface area contributed by atoms with Crippen LogP contribution in [0, 0.1) is 0 Å². The third kappa shape index (κ3) is 1.92. The minimum atomic E-state index is 0.338. The summed E-state index contributed by atoms with van der Waals surface area (Å²) < 4.78 is 0. The number of rotatable bonds is 3. The van der Waals surface area contributed by atoms with Crippen molar-refractivity contribution >= 4 is 0 Å². The Balaban J connectivity index is 2.47. The quantitative estimate of drug-likeness (QED) is 0.800. The van der Waals surface area contributed by atoms with E-state index in [9.17, 15) is 0 Å². The highest BCUT2D eigenvalue weighted by molar-refractivity contribution is 5.63. The molecule has 2 rings (SSSR count). The summed E-state index contributed by atoms with van der Waals surface area (Å²) in [5, 5.41) is 3.25. The molecule has 1 aromatic carbocycles. The summed E-state index contributed by atoms with van der Waals surface area (Å²) in [6.07, 6.45) is 3.55. The fourth-order valence-corrected chi connectivity index (χ4v) is 1.68. The van der Waals surface area contributed by atoms with Crippen LogP contribution in [-0.4, -0.2) is 17.0 Å². The van der Waals surface area contributed by atoms with E-state index in [0.717, 1.165) is 5.69 Å². The number of imidazole rings is 1. The van der Waals surface area contributed by atoms with Gasteiger partial charge in [0.2, 0.25) is 0 Å². The first-order chi connectivity index (χ1) is 7.33. The first kappa shape index (κ1) is 9.93. The van der Waals surface area contributed by atoms with Gasteiger partial charge in [0, 0.05) is 11.6 Å². The summed E-state index contributed by atoms with van der Waals surface area (Å²) in [6.45, 7) is 2.15. The lowest BCUT2D eigenvalue weighted by Gasteiger charge is -2.14.